The van der Waals surface area contributed by atoms with Crippen molar-refractivity contribution in [2.75, 3.05) is 17.9 Å². The fourth-order valence-corrected chi connectivity index (χ4v) is 3.78. The monoisotopic (exact) mass is 427 g/mol. The minimum atomic E-state index is -3.64. The minimum absolute atomic E-state index is 0.114. The van der Waals surface area contributed by atoms with Crippen LogP contribution in [0.25, 0.3) is 0 Å². The van der Waals surface area contributed by atoms with E-state index in [1.807, 2.05) is 0 Å². The van der Waals surface area contributed by atoms with Gasteiger partial charge in [-0.1, -0.05) is 36.4 Å². The van der Waals surface area contributed by atoms with Gasteiger partial charge >= 0.3 is 5.97 Å². The van der Waals surface area contributed by atoms with Crippen LogP contribution >= 0.6 is 0 Å². The Hall–Kier alpha value is -3.52. The minimum Gasteiger partial charge on any atom is -0.490 e. The van der Waals surface area contributed by atoms with Gasteiger partial charge in [0.05, 0.1) is 11.3 Å². The molecule has 0 atom stereocenters. The molecule has 8 heteroatoms. The Morgan fingerprint density at radius 3 is 2.17 bits per heavy atom. The first-order valence-electron chi connectivity index (χ1n) is 9.17. The van der Waals surface area contributed by atoms with E-state index in [9.17, 15) is 13.2 Å². The number of nitrogens with one attached hydrogen (secondary N) is 1. The fourth-order valence-electron chi connectivity index (χ4n) is 2.70. The van der Waals surface area contributed by atoms with E-state index in [4.69, 9.17) is 14.6 Å². The standard InChI is InChI=1S/C22H21NO6S/c24-22(25)16-17-6-4-5-9-21(17)29-15-14-28-19-12-10-18(11-13-19)23-30(26,27)20-7-2-1-3-8-20/h1-13,23H,14-16H2,(H,24,25). The van der Waals surface area contributed by atoms with Gasteiger partial charge in [-0.05, 0) is 42.5 Å². The second-order valence-corrected chi connectivity index (χ2v) is 8.00. The maximum atomic E-state index is 12.3. The number of carboxylic acid groups (broad SMARTS) is 1. The van der Waals surface area contributed by atoms with Gasteiger partial charge in [-0.15, -0.1) is 0 Å². The first-order chi connectivity index (χ1) is 14.4. The number of anilines is 1. The maximum Gasteiger partial charge on any atom is 0.307 e. The Balaban J connectivity index is 1.50. The number of hydrogen-bond acceptors (Lipinski definition) is 5. The number of para-hydroxylation sites is 1. The summed E-state index contributed by atoms with van der Waals surface area (Å²) < 4.78 is 38.4. The molecule has 3 rings (SSSR count). The normalized spacial score (nSPS) is 10.9. The lowest BCUT2D eigenvalue weighted by molar-refractivity contribution is -0.136. The largest absolute Gasteiger partial charge is 0.490 e. The van der Waals surface area contributed by atoms with E-state index in [1.165, 1.54) is 12.1 Å². The zero-order valence-corrected chi connectivity index (χ0v) is 16.8. The fraction of sp³-hybridized carbons (Fsp3) is 0.136. The summed E-state index contributed by atoms with van der Waals surface area (Å²) in [5, 5.41) is 8.95. The van der Waals surface area contributed by atoms with Crippen molar-refractivity contribution < 1.29 is 27.8 Å². The topological polar surface area (TPSA) is 102 Å². The molecule has 0 aliphatic carbocycles. The molecule has 3 aromatic rings. The summed E-state index contributed by atoms with van der Waals surface area (Å²) in [6, 6.07) is 21.6. The molecule has 0 unspecified atom stereocenters. The average Bonchev–Trinajstić information content (AvgIpc) is 2.73. The Morgan fingerprint density at radius 1 is 0.833 bits per heavy atom. The highest BCUT2D eigenvalue weighted by molar-refractivity contribution is 7.92. The number of carboxylic acids is 1. The van der Waals surface area contributed by atoms with Crippen molar-refractivity contribution in [2.45, 2.75) is 11.3 Å². The van der Waals surface area contributed by atoms with Crippen molar-refractivity contribution >= 4 is 21.7 Å². The van der Waals surface area contributed by atoms with Crippen LogP contribution in [0.4, 0.5) is 5.69 Å². The lowest BCUT2D eigenvalue weighted by Gasteiger charge is -2.12. The number of benzene rings is 3. The highest BCUT2D eigenvalue weighted by Gasteiger charge is 2.13. The highest BCUT2D eigenvalue weighted by atomic mass is 32.2. The summed E-state index contributed by atoms with van der Waals surface area (Å²) in [4.78, 5) is 11.1. The molecule has 0 fully saturated rings. The summed E-state index contributed by atoms with van der Waals surface area (Å²) in [5.41, 5.74) is 1.02. The van der Waals surface area contributed by atoms with Crippen LogP contribution in [-0.4, -0.2) is 32.7 Å². The third-order valence-corrected chi connectivity index (χ3v) is 5.48. The van der Waals surface area contributed by atoms with Gasteiger partial charge in [-0.3, -0.25) is 9.52 Å². The van der Waals surface area contributed by atoms with Crippen LogP contribution in [0, 0.1) is 0 Å². The molecule has 0 amide bonds. The molecule has 0 radical (unpaired) electrons. The molecule has 30 heavy (non-hydrogen) atoms. The summed E-state index contributed by atoms with van der Waals surface area (Å²) in [6.45, 7) is 0.482. The van der Waals surface area contributed by atoms with Gasteiger partial charge in [0.15, 0.2) is 0 Å². The molecule has 3 aromatic carbocycles. The lowest BCUT2D eigenvalue weighted by Crippen LogP contribution is -2.13. The summed E-state index contributed by atoms with van der Waals surface area (Å²) in [7, 11) is -3.64. The van der Waals surface area contributed by atoms with E-state index in [2.05, 4.69) is 4.72 Å². The molecule has 0 saturated carbocycles. The molecule has 0 aliphatic rings. The molecule has 2 N–H and O–H groups in total. The van der Waals surface area contributed by atoms with Gasteiger partial charge in [-0.2, -0.15) is 0 Å². The van der Waals surface area contributed by atoms with Crippen LogP contribution in [0.1, 0.15) is 5.56 Å². The van der Waals surface area contributed by atoms with Crippen molar-refractivity contribution in [1.29, 1.82) is 0 Å². The van der Waals surface area contributed by atoms with Crippen LogP contribution in [0.5, 0.6) is 11.5 Å². The molecule has 0 saturated heterocycles. The lowest BCUT2D eigenvalue weighted by atomic mass is 10.1. The smallest absolute Gasteiger partial charge is 0.307 e. The van der Waals surface area contributed by atoms with Crippen LogP contribution in [0.2, 0.25) is 0 Å². The summed E-state index contributed by atoms with van der Waals surface area (Å²) in [6.07, 6.45) is -0.114. The Kier molecular flexibility index (Phi) is 6.92. The Bertz CT molecular complexity index is 1080. The molecule has 0 aliphatic heterocycles. The second kappa shape index (κ2) is 9.80. The van der Waals surface area contributed by atoms with Crippen LogP contribution in [0.3, 0.4) is 0 Å². The third-order valence-electron chi connectivity index (χ3n) is 4.08. The number of aliphatic carboxylic acids is 1. The predicted octanol–water partition coefficient (Wildman–Crippen LogP) is 3.57. The van der Waals surface area contributed by atoms with Gasteiger partial charge in [0.1, 0.15) is 24.7 Å². The van der Waals surface area contributed by atoms with E-state index in [0.29, 0.717) is 22.7 Å². The van der Waals surface area contributed by atoms with Gasteiger partial charge in [0, 0.05) is 11.3 Å². The molecule has 7 nitrogen and oxygen atoms in total. The van der Waals surface area contributed by atoms with Crippen molar-refractivity contribution in [3.05, 3.63) is 84.4 Å². The SMILES string of the molecule is O=C(O)Cc1ccccc1OCCOc1ccc(NS(=O)(=O)c2ccccc2)cc1. The zero-order chi connectivity index (χ0) is 21.4. The molecular weight excluding hydrogens is 406 g/mol. The number of sulfonamides is 1. The Morgan fingerprint density at radius 2 is 1.47 bits per heavy atom. The van der Waals surface area contributed by atoms with Gasteiger partial charge in [-0.25, -0.2) is 8.42 Å². The van der Waals surface area contributed by atoms with Gasteiger partial charge in [0.25, 0.3) is 10.0 Å². The van der Waals surface area contributed by atoms with E-state index in [1.54, 1.807) is 66.7 Å². The van der Waals surface area contributed by atoms with Gasteiger partial charge in [0.2, 0.25) is 0 Å². The van der Waals surface area contributed by atoms with E-state index < -0.39 is 16.0 Å². The number of ether oxygens (including phenoxy) is 2. The van der Waals surface area contributed by atoms with Crippen LogP contribution < -0.4 is 14.2 Å². The van der Waals surface area contributed by atoms with Crippen molar-refractivity contribution in [2.24, 2.45) is 0 Å². The molecule has 0 bridgehead atoms. The molecule has 0 heterocycles. The Labute approximate surface area is 174 Å². The van der Waals surface area contributed by atoms with E-state index >= 15 is 0 Å². The van der Waals surface area contributed by atoms with E-state index in [-0.39, 0.29) is 24.5 Å². The summed E-state index contributed by atoms with van der Waals surface area (Å²) in [5.74, 6) is 0.138. The zero-order valence-electron chi connectivity index (χ0n) is 16.0. The second-order valence-electron chi connectivity index (χ2n) is 6.32. The number of rotatable bonds is 10. The average molecular weight is 427 g/mol. The third kappa shape index (κ3) is 5.99. The quantitative estimate of drug-likeness (QED) is 0.480. The molecule has 156 valence electrons. The van der Waals surface area contributed by atoms with Crippen molar-refractivity contribution in [1.82, 2.24) is 0 Å². The van der Waals surface area contributed by atoms with Crippen LogP contribution in [0.15, 0.2) is 83.8 Å². The first-order valence-corrected chi connectivity index (χ1v) is 10.7. The molecule has 0 aromatic heterocycles. The number of hydrogen-bond donors (Lipinski definition) is 2. The maximum absolute atomic E-state index is 12.3. The first kappa shape index (κ1) is 21.2. The van der Waals surface area contributed by atoms with Crippen LogP contribution in [-0.2, 0) is 21.2 Å². The molecule has 0 spiro atoms. The molecular formula is C22H21NO6S. The van der Waals surface area contributed by atoms with Crippen molar-refractivity contribution in [3.8, 4) is 11.5 Å². The predicted molar refractivity (Wildman–Crippen MR) is 112 cm³/mol. The highest BCUT2D eigenvalue weighted by Crippen LogP contribution is 2.20. The van der Waals surface area contributed by atoms with E-state index in [0.717, 1.165) is 0 Å². The van der Waals surface area contributed by atoms with Crippen molar-refractivity contribution in [3.63, 3.8) is 0 Å². The summed E-state index contributed by atoms with van der Waals surface area (Å²) >= 11 is 0. The van der Waals surface area contributed by atoms with Gasteiger partial charge < -0.3 is 14.6 Å². The number of carbonyl (C=O) groups is 1.